The molecule has 3 aromatic rings. The highest BCUT2D eigenvalue weighted by molar-refractivity contribution is 6.09. The van der Waals surface area contributed by atoms with E-state index in [-0.39, 0.29) is 11.5 Å². The van der Waals surface area contributed by atoms with Crippen molar-refractivity contribution in [1.29, 1.82) is 0 Å². The Morgan fingerprint density at radius 2 is 1.79 bits per heavy atom. The van der Waals surface area contributed by atoms with Crippen LogP contribution in [0.3, 0.4) is 0 Å². The van der Waals surface area contributed by atoms with Gasteiger partial charge >= 0.3 is 0 Å². The van der Waals surface area contributed by atoms with Crippen LogP contribution in [0, 0.1) is 11.6 Å². The predicted molar refractivity (Wildman–Crippen MR) is 83.8 cm³/mol. The van der Waals surface area contributed by atoms with E-state index in [1.54, 1.807) is 30.3 Å². The molecule has 4 nitrogen and oxygen atoms in total. The molecule has 24 heavy (non-hydrogen) atoms. The van der Waals surface area contributed by atoms with E-state index in [1.165, 1.54) is 24.1 Å². The number of benzene rings is 2. The number of carbonyl (C=O) groups excluding carboxylic acids is 1. The van der Waals surface area contributed by atoms with Crippen LogP contribution in [-0.4, -0.2) is 22.6 Å². The first-order valence-electron chi connectivity index (χ1n) is 7.04. The quantitative estimate of drug-likeness (QED) is 0.743. The van der Waals surface area contributed by atoms with Crippen molar-refractivity contribution in [1.82, 2.24) is 4.57 Å². The fourth-order valence-corrected chi connectivity index (χ4v) is 2.32. The molecule has 0 spiro atoms. The lowest BCUT2D eigenvalue weighted by molar-refractivity contribution is 0.103. The van der Waals surface area contributed by atoms with Gasteiger partial charge in [-0.2, -0.15) is 0 Å². The molecule has 2 aromatic carbocycles. The Labute approximate surface area is 136 Å². The van der Waals surface area contributed by atoms with Crippen LogP contribution in [-0.2, 0) is 0 Å². The van der Waals surface area contributed by atoms with Gasteiger partial charge in [0.05, 0.1) is 12.8 Å². The van der Waals surface area contributed by atoms with Crippen molar-refractivity contribution in [3.8, 4) is 17.2 Å². The number of rotatable bonds is 4. The number of carbonyl (C=O) groups is 1. The minimum absolute atomic E-state index is 0.160. The first kappa shape index (κ1) is 15.7. The van der Waals surface area contributed by atoms with Crippen molar-refractivity contribution in [2.75, 3.05) is 7.11 Å². The molecule has 0 saturated carbocycles. The minimum Gasteiger partial charge on any atom is -0.503 e. The van der Waals surface area contributed by atoms with Gasteiger partial charge in [0.1, 0.15) is 5.75 Å². The van der Waals surface area contributed by atoms with Gasteiger partial charge < -0.3 is 14.4 Å². The molecule has 0 atom stereocenters. The van der Waals surface area contributed by atoms with Crippen molar-refractivity contribution < 1.29 is 23.4 Å². The summed E-state index contributed by atoms with van der Waals surface area (Å²) in [6.45, 7) is 0. The molecule has 1 heterocycles. The predicted octanol–water partition coefficient (Wildman–Crippen LogP) is 3.70. The van der Waals surface area contributed by atoms with Crippen molar-refractivity contribution in [2.45, 2.75) is 0 Å². The third kappa shape index (κ3) is 2.86. The Morgan fingerprint density at radius 3 is 2.46 bits per heavy atom. The number of halogens is 2. The summed E-state index contributed by atoms with van der Waals surface area (Å²) in [5.74, 6) is -2.85. The van der Waals surface area contributed by atoms with E-state index in [1.807, 2.05) is 0 Å². The van der Waals surface area contributed by atoms with Crippen molar-refractivity contribution >= 4 is 5.78 Å². The second-order valence-corrected chi connectivity index (χ2v) is 5.13. The molecule has 0 aliphatic carbocycles. The minimum atomic E-state index is -1.07. The summed E-state index contributed by atoms with van der Waals surface area (Å²) in [6.07, 6.45) is 2.98. The molecule has 0 fully saturated rings. The fourth-order valence-electron chi connectivity index (χ4n) is 2.32. The van der Waals surface area contributed by atoms with Crippen LogP contribution in [0.1, 0.15) is 15.9 Å². The maximum atomic E-state index is 13.5. The van der Waals surface area contributed by atoms with Gasteiger partial charge in [0.2, 0.25) is 0 Å². The van der Waals surface area contributed by atoms with Gasteiger partial charge in [-0.25, -0.2) is 8.78 Å². The van der Waals surface area contributed by atoms with E-state index in [0.29, 0.717) is 16.9 Å². The Balaban J connectivity index is 1.94. The first-order valence-corrected chi connectivity index (χ1v) is 7.04. The molecule has 1 N–H and O–H groups in total. The number of ketones is 1. The van der Waals surface area contributed by atoms with Gasteiger partial charge in [-0.3, -0.25) is 4.79 Å². The molecule has 122 valence electrons. The van der Waals surface area contributed by atoms with E-state index in [0.717, 1.165) is 12.1 Å². The Morgan fingerprint density at radius 1 is 1.08 bits per heavy atom. The lowest BCUT2D eigenvalue weighted by Crippen LogP contribution is -2.01. The third-order valence-corrected chi connectivity index (χ3v) is 3.59. The maximum absolute atomic E-state index is 13.5. The highest BCUT2D eigenvalue weighted by Crippen LogP contribution is 2.24. The summed E-state index contributed by atoms with van der Waals surface area (Å²) in [4.78, 5) is 12.5. The summed E-state index contributed by atoms with van der Waals surface area (Å²) in [6, 6.07) is 10.2. The molecule has 0 bridgehead atoms. The molecule has 6 heteroatoms. The van der Waals surface area contributed by atoms with Crippen LogP contribution in [0.2, 0.25) is 0 Å². The number of aromatic hydroxyl groups is 1. The number of nitrogens with zero attached hydrogens (tertiary/aromatic N) is 1. The van der Waals surface area contributed by atoms with Gasteiger partial charge in [0, 0.05) is 35.7 Å². The van der Waals surface area contributed by atoms with Gasteiger partial charge in [0.15, 0.2) is 23.2 Å². The number of methoxy groups -OCH3 is 1. The number of phenolic OH excluding ortho intramolecular Hbond substituents is 1. The standard InChI is InChI=1S/C18H13F2NO3/c1-24-14-4-2-3-11(7-14)17(22)12-5-6-21(10-12)13-8-15(19)18(23)16(20)9-13/h2-10,23H,1H3. The summed E-state index contributed by atoms with van der Waals surface area (Å²) in [7, 11) is 1.51. The van der Waals surface area contributed by atoms with Crippen LogP contribution in [0.15, 0.2) is 54.9 Å². The van der Waals surface area contributed by atoms with Crippen molar-refractivity contribution in [3.05, 3.63) is 77.6 Å². The molecule has 0 unspecified atom stereocenters. The first-order chi connectivity index (χ1) is 11.5. The van der Waals surface area contributed by atoms with Crippen LogP contribution in [0.4, 0.5) is 8.78 Å². The van der Waals surface area contributed by atoms with Crippen LogP contribution < -0.4 is 4.74 Å². The van der Waals surface area contributed by atoms with E-state index in [2.05, 4.69) is 0 Å². The second kappa shape index (κ2) is 6.16. The highest BCUT2D eigenvalue weighted by Gasteiger charge is 2.14. The number of hydrogen-bond acceptors (Lipinski definition) is 3. The number of aromatic nitrogens is 1. The zero-order valence-corrected chi connectivity index (χ0v) is 12.7. The van der Waals surface area contributed by atoms with Crippen LogP contribution in [0.25, 0.3) is 5.69 Å². The normalized spacial score (nSPS) is 10.6. The lowest BCUT2D eigenvalue weighted by Gasteiger charge is -2.05. The average molecular weight is 329 g/mol. The molecule has 0 amide bonds. The van der Waals surface area contributed by atoms with Gasteiger partial charge in [0.25, 0.3) is 0 Å². The van der Waals surface area contributed by atoms with Gasteiger partial charge in [-0.15, -0.1) is 0 Å². The van der Waals surface area contributed by atoms with Crippen molar-refractivity contribution in [3.63, 3.8) is 0 Å². The molecular formula is C18H13F2NO3. The SMILES string of the molecule is COc1cccc(C(=O)c2ccn(-c3cc(F)c(O)c(F)c3)c2)c1. The van der Waals surface area contributed by atoms with Gasteiger partial charge in [-0.1, -0.05) is 12.1 Å². The highest BCUT2D eigenvalue weighted by atomic mass is 19.1. The molecule has 0 aliphatic heterocycles. The molecule has 0 radical (unpaired) electrons. The summed E-state index contributed by atoms with van der Waals surface area (Å²) >= 11 is 0. The molecular weight excluding hydrogens is 316 g/mol. The van der Waals surface area contributed by atoms with E-state index < -0.39 is 17.4 Å². The number of ether oxygens (including phenoxy) is 1. The van der Waals surface area contributed by atoms with E-state index in [4.69, 9.17) is 9.84 Å². The molecule has 0 aliphatic rings. The molecule has 3 rings (SSSR count). The Hall–Kier alpha value is -3.15. The van der Waals surface area contributed by atoms with Crippen molar-refractivity contribution in [2.24, 2.45) is 0 Å². The topological polar surface area (TPSA) is 51.5 Å². The Bertz CT molecular complexity index is 895. The van der Waals surface area contributed by atoms with Gasteiger partial charge in [-0.05, 0) is 18.2 Å². The van der Waals surface area contributed by atoms with Crippen LogP contribution >= 0.6 is 0 Å². The van der Waals surface area contributed by atoms with E-state index >= 15 is 0 Å². The smallest absolute Gasteiger partial charge is 0.194 e. The summed E-state index contributed by atoms with van der Waals surface area (Å²) in [5.41, 5.74) is 0.958. The number of hydrogen-bond donors (Lipinski definition) is 1. The Kier molecular flexibility index (Phi) is 4.04. The lowest BCUT2D eigenvalue weighted by atomic mass is 10.1. The fraction of sp³-hybridized carbons (Fsp3) is 0.0556. The van der Waals surface area contributed by atoms with E-state index in [9.17, 15) is 13.6 Å². The second-order valence-electron chi connectivity index (χ2n) is 5.13. The number of phenols is 1. The maximum Gasteiger partial charge on any atom is 0.194 e. The zero-order valence-electron chi connectivity index (χ0n) is 12.7. The average Bonchev–Trinajstić information content (AvgIpc) is 3.08. The largest absolute Gasteiger partial charge is 0.503 e. The third-order valence-electron chi connectivity index (χ3n) is 3.59. The monoisotopic (exact) mass is 329 g/mol. The van der Waals surface area contributed by atoms with Crippen LogP contribution in [0.5, 0.6) is 11.5 Å². The molecule has 0 saturated heterocycles. The summed E-state index contributed by atoms with van der Waals surface area (Å²) in [5, 5.41) is 9.14. The zero-order chi connectivity index (χ0) is 17.3. The molecule has 1 aromatic heterocycles. The summed E-state index contributed by atoms with van der Waals surface area (Å²) < 4.78 is 33.4.